The number of methoxy groups -OCH3 is 1. The van der Waals surface area contributed by atoms with Crippen molar-refractivity contribution in [2.24, 2.45) is 0 Å². The third-order valence-corrected chi connectivity index (χ3v) is 7.00. The van der Waals surface area contributed by atoms with Gasteiger partial charge in [0.2, 0.25) is 11.7 Å². The maximum atomic E-state index is 13.0. The van der Waals surface area contributed by atoms with Crippen LogP contribution in [0.5, 0.6) is 17.2 Å². The molecule has 40 heavy (non-hydrogen) atoms. The van der Waals surface area contributed by atoms with Gasteiger partial charge in [0.05, 0.1) is 33.6 Å². The summed E-state index contributed by atoms with van der Waals surface area (Å²) in [4.78, 5) is 60.0. The van der Waals surface area contributed by atoms with Crippen LogP contribution in [0.15, 0.2) is 70.0 Å². The van der Waals surface area contributed by atoms with Gasteiger partial charge in [-0.15, -0.1) is 0 Å². The number of anilines is 1. The summed E-state index contributed by atoms with van der Waals surface area (Å²) >= 11 is 3.91. The quantitative estimate of drug-likeness (QED) is 0.175. The van der Waals surface area contributed by atoms with Gasteiger partial charge in [-0.1, -0.05) is 24.3 Å². The number of imide groups is 1. The Morgan fingerprint density at radius 3 is 2.48 bits per heavy atom. The molecule has 0 bridgehead atoms. The summed E-state index contributed by atoms with van der Waals surface area (Å²) in [6.45, 7) is -0.528. The highest BCUT2D eigenvalue weighted by atomic mass is 79.9. The molecular formula is C25H17BrN4O9S. The number of non-ortho nitro benzene ring substituents is 1. The summed E-state index contributed by atoms with van der Waals surface area (Å²) < 4.78 is 11.7. The lowest BCUT2D eigenvalue weighted by Gasteiger charge is -2.14. The number of benzene rings is 3. The molecule has 0 atom stereocenters. The topological polar surface area (TPSA) is 171 Å². The number of rotatable bonds is 9. The van der Waals surface area contributed by atoms with Gasteiger partial charge in [0.25, 0.3) is 16.8 Å². The van der Waals surface area contributed by atoms with Crippen LogP contribution in [0.25, 0.3) is 6.08 Å². The Kier molecular flexibility index (Phi) is 8.45. The van der Waals surface area contributed by atoms with E-state index in [2.05, 4.69) is 21.2 Å². The van der Waals surface area contributed by atoms with Crippen molar-refractivity contribution in [2.75, 3.05) is 19.0 Å². The molecule has 15 heteroatoms. The minimum Gasteiger partial charge on any atom is -0.493 e. The summed E-state index contributed by atoms with van der Waals surface area (Å²) in [5.74, 6) is -1.54. The molecular weight excluding hydrogens is 612 g/mol. The van der Waals surface area contributed by atoms with E-state index in [1.54, 1.807) is 30.3 Å². The molecule has 0 aromatic heterocycles. The highest BCUT2D eigenvalue weighted by Crippen LogP contribution is 2.42. The van der Waals surface area contributed by atoms with Gasteiger partial charge in [-0.05, 0) is 58.0 Å². The molecule has 204 valence electrons. The molecule has 1 fully saturated rings. The number of nitrogens with zero attached hydrogens (tertiary/aromatic N) is 3. The van der Waals surface area contributed by atoms with E-state index in [1.807, 2.05) is 0 Å². The number of amides is 3. The Morgan fingerprint density at radius 1 is 1.05 bits per heavy atom. The number of carbonyl (C=O) groups is 3. The van der Waals surface area contributed by atoms with E-state index in [0.29, 0.717) is 21.9 Å². The summed E-state index contributed by atoms with van der Waals surface area (Å²) in [5.41, 5.74) is -0.484. The van der Waals surface area contributed by atoms with E-state index in [1.165, 1.54) is 25.3 Å². The lowest BCUT2D eigenvalue weighted by Crippen LogP contribution is -2.36. The molecule has 1 aliphatic heterocycles. The zero-order valence-electron chi connectivity index (χ0n) is 20.4. The van der Waals surface area contributed by atoms with Crippen LogP contribution < -0.4 is 14.8 Å². The molecule has 0 spiro atoms. The molecule has 3 amide bonds. The fraction of sp³-hybridized carbons (Fsp3) is 0.0800. The smallest absolute Gasteiger partial charge is 0.318 e. The van der Waals surface area contributed by atoms with E-state index in [9.17, 15) is 34.6 Å². The van der Waals surface area contributed by atoms with E-state index < -0.39 is 44.8 Å². The third-order valence-electron chi connectivity index (χ3n) is 5.40. The third kappa shape index (κ3) is 6.10. The summed E-state index contributed by atoms with van der Waals surface area (Å²) in [6, 6.07) is 14.3. The number of nitro benzene ring substituents is 2. The van der Waals surface area contributed by atoms with Crippen LogP contribution >= 0.6 is 27.7 Å². The predicted molar refractivity (Wildman–Crippen MR) is 148 cm³/mol. The normalized spacial score (nSPS) is 13.8. The average Bonchev–Trinajstić information content (AvgIpc) is 3.18. The number of para-hydroxylation sites is 2. The molecule has 1 heterocycles. The number of ether oxygens (including phenoxy) is 2. The second-order valence-electron chi connectivity index (χ2n) is 7.94. The SMILES string of the molecule is COc1cccc(/C=C2/SC(=O)N(CC(=O)Nc3ccccc3Br)C2=O)c1Oc1ccc([N+](=O)[O-])cc1[N+](=O)[O-]. The standard InChI is InChI=1S/C25H17BrN4O9S/c1-38-20-8-4-5-14(23(20)39-19-10-9-15(29(34)35)12-18(19)30(36)37)11-21-24(32)28(25(33)40-21)13-22(31)27-17-7-3-2-6-16(17)26/h2-12H,13H2,1H3,(H,27,31)/b21-11+. The minimum atomic E-state index is -0.832. The van der Waals surface area contributed by atoms with Crippen molar-refractivity contribution in [1.29, 1.82) is 0 Å². The number of hydrogen-bond donors (Lipinski definition) is 1. The van der Waals surface area contributed by atoms with Crippen LogP contribution in [-0.4, -0.2) is 45.5 Å². The fourth-order valence-electron chi connectivity index (χ4n) is 3.55. The van der Waals surface area contributed by atoms with Crippen LogP contribution in [0.4, 0.5) is 21.9 Å². The van der Waals surface area contributed by atoms with Crippen LogP contribution in [0.3, 0.4) is 0 Å². The molecule has 4 rings (SSSR count). The molecule has 0 aliphatic carbocycles. The maximum Gasteiger partial charge on any atom is 0.318 e. The molecule has 0 unspecified atom stereocenters. The number of hydrogen-bond acceptors (Lipinski definition) is 10. The molecule has 1 N–H and O–H groups in total. The van der Waals surface area contributed by atoms with Crippen molar-refractivity contribution >= 4 is 67.9 Å². The minimum absolute atomic E-state index is 0.0324. The van der Waals surface area contributed by atoms with E-state index in [4.69, 9.17) is 9.47 Å². The van der Waals surface area contributed by atoms with E-state index in [-0.39, 0.29) is 27.7 Å². The van der Waals surface area contributed by atoms with E-state index >= 15 is 0 Å². The Labute approximate surface area is 238 Å². The van der Waals surface area contributed by atoms with Gasteiger partial charge in [0, 0.05) is 16.1 Å². The van der Waals surface area contributed by atoms with Gasteiger partial charge in [-0.25, -0.2) is 0 Å². The lowest BCUT2D eigenvalue weighted by molar-refractivity contribution is -0.394. The van der Waals surface area contributed by atoms with Crippen LogP contribution in [0, 0.1) is 20.2 Å². The summed E-state index contributed by atoms with van der Waals surface area (Å²) in [6.07, 6.45) is 1.33. The highest BCUT2D eigenvalue weighted by molar-refractivity contribution is 9.10. The van der Waals surface area contributed by atoms with Gasteiger partial charge in [0.15, 0.2) is 11.5 Å². The Hall–Kier alpha value is -4.76. The second-order valence-corrected chi connectivity index (χ2v) is 9.79. The van der Waals surface area contributed by atoms with Crippen molar-refractivity contribution in [1.82, 2.24) is 4.90 Å². The largest absolute Gasteiger partial charge is 0.493 e. The van der Waals surface area contributed by atoms with Crippen molar-refractivity contribution in [2.45, 2.75) is 0 Å². The fourth-order valence-corrected chi connectivity index (χ4v) is 4.76. The summed E-state index contributed by atoms with van der Waals surface area (Å²) in [5, 5.41) is 24.6. The first-order valence-electron chi connectivity index (χ1n) is 11.2. The highest BCUT2D eigenvalue weighted by Gasteiger charge is 2.36. The van der Waals surface area contributed by atoms with E-state index in [0.717, 1.165) is 23.1 Å². The van der Waals surface area contributed by atoms with Crippen molar-refractivity contribution in [3.63, 3.8) is 0 Å². The number of nitro groups is 2. The number of halogens is 1. The van der Waals surface area contributed by atoms with Crippen LogP contribution in [0.1, 0.15) is 5.56 Å². The first-order valence-corrected chi connectivity index (χ1v) is 12.8. The molecule has 1 aliphatic rings. The van der Waals surface area contributed by atoms with Crippen LogP contribution in [-0.2, 0) is 9.59 Å². The zero-order valence-corrected chi connectivity index (χ0v) is 22.8. The number of thioether (sulfide) groups is 1. The Bertz CT molecular complexity index is 1590. The van der Waals surface area contributed by atoms with Gasteiger partial charge < -0.3 is 14.8 Å². The van der Waals surface area contributed by atoms with Gasteiger partial charge in [-0.3, -0.25) is 39.5 Å². The second kappa shape index (κ2) is 12.0. The average molecular weight is 629 g/mol. The lowest BCUT2D eigenvalue weighted by atomic mass is 10.1. The van der Waals surface area contributed by atoms with Crippen molar-refractivity contribution in [3.05, 3.63) is 95.8 Å². The molecule has 0 saturated carbocycles. The molecule has 0 radical (unpaired) electrons. The number of carbonyl (C=O) groups excluding carboxylic acids is 3. The van der Waals surface area contributed by atoms with Gasteiger partial charge in [0.1, 0.15) is 6.54 Å². The van der Waals surface area contributed by atoms with Crippen molar-refractivity contribution < 1.29 is 33.7 Å². The predicted octanol–water partition coefficient (Wildman–Crippen LogP) is 5.74. The molecule has 3 aromatic rings. The van der Waals surface area contributed by atoms with Gasteiger partial charge in [-0.2, -0.15) is 0 Å². The summed E-state index contributed by atoms with van der Waals surface area (Å²) in [7, 11) is 1.33. The molecule has 1 saturated heterocycles. The monoisotopic (exact) mass is 628 g/mol. The van der Waals surface area contributed by atoms with Crippen molar-refractivity contribution in [3.8, 4) is 17.2 Å². The molecule has 3 aromatic carbocycles. The zero-order chi connectivity index (χ0) is 29.0. The maximum absolute atomic E-state index is 13.0. The molecule has 13 nitrogen and oxygen atoms in total. The first kappa shape index (κ1) is 28.3. The first-order chi connectivity index (χ1) is 19.1. The number of nitrogens with one attached hydrogen (secondary N) is 1. The Balaban J connectivity index is 1.62. The van der Waals surface area contributed by atoms with Crippen LogP contribution in [0.2, 0.25) is 0 Å². The van der Waals surface area contributed by atoms with Gasteiger partial charge >= 0.3 is 5.69 Å². The Morgan fingerprint density at radius 2 is 1.80 bits per heavy atom.